The minimum absolute atomic E-state index is 0.469. The number of hydrogen-bond donors (Lipinski definition) is 1. The number of piperidine rings is 1. The van der Waals surface area contributed by atoms with Crippen LogP contribution in [0.25, 0.3) is 0 Å². The van der Waals surface area contributed by atoms with Crippen molar-refractivity contribution in [2.45, 2.75) is 33.1 Å². The van der Waals surface area contributed by atoms with Crippen LogP contribution in [0.15, 0.2) is 0 Å². The van der Waals surface area contributed by atoms with Gasteiger partial charge in [0.15, 0.2) is 11.0 Å². The highest BCUT2D eigenvalue weighted by molar-refractivity contribution is 6.31. The van der Waals surface area contributed by atoms with Crippen molar-refractivity contribution in [3.63, 3.8) is 0 Å². The van der Waals surface area contributed by atoms with Crippen molar-refractivity contribution in [3.05, 3.63) is 16.5 Å². The fourth-order valence-corrected chi connectivity index (χ4v) is 2.44. The number of halogens is 1. The summed E-state index contributed by atoms with van der Waals surface area (Å²) in [5.74, 6) is 0.705. The zero-order valence-electron chi connectivity index (χ0n) is 11.2. The van der Waals surface area contributed by atoms with Crippen molar-refractivity contribution >= 4 is 17.4 Å². The molecule has 18 heavy (non-hydrogen) atoms. The first-order chi connectivity index (χ1) is 8.66. The summed E-state index contributed by atoms with van der Waals surface area (Å²) in [5, 5.41) is 3.75. The van der Waals surface area contributed by atoms with Crippen molar-refractivity contribution in [2.75, 3.05) is 31.5 Å². The van der Waals surface area contributed by atoms with Gasteiger partial charge in [0, 0.05) is 13.1 Å². The summed E-state index contributed by atoms with van der Waals surface area (Å²) in [6.07, 6.45) is 4.02. The van der Waals surface area contributed by atoms with E-state index in [0.29, 0.717) is 11.0 Å². The van der Waals surface area contributed by atoms with E-state index in [0.717, 1.165) is 24.5 Å². The topological polar surface area (TPSA) is 41.1 Å². The van der Waals surface area contributed by atoms with Crippen LogP contribution >= 0.6 is 11.6 Å². The van der Waals surface area contributed by atoms with E-state index in [1.165, 1.54) is 32.4 Å². The standard InChI is InChI=1S/C13H21ClN4/c1-10-11(2)17-13(12(14)16-10)15-6-9-18-7-4-3-5-8-18/h3-9H2,1-2H3,(H,15,17). The maximum Gasteiger partial charge on any atom is 0.171 e. The van der Waals surface area contributed by atoms with E-state index in [4.69, 9.17) is 11.6 Å². The number of rotatable bonds is 4. The predicted octanol–water partition coefficient (Wildman–Crippen LogP) is 2.64. The van der Waals surface area contributed by atoms with Gasteiger partial charge in [0.2, 0.25) is 0 Å². The predicted molar refractivity (Wildman–Crippen MR) is 75.3 cm³/mol. The van der Waals surface area contributed by atoms with Crippen LogP contribution in [-0.4, -0.2) is 41.0 Å². The second-order valence-corrected chi connectivity index (χ2v) is 5.22. The Morgan fingerprint density at radius 3 is 2.50 bits per heavy atom. The fraction of sp³-hybridized carbons (Fsp3) is 0.692. The van der Waals surface area contributed by atoms with Crippen LogP contribution in [0.5, 0.6) is 0 Å². The molecule has 4 nitrogen and oxygen atoms in total. The van der Waals surface area contributed by atoms with Gasteiger partial charge < -0.3 is 10.2 Å². The first kappa shape index (κ1) is 13.6. The zero-order valence-corrected chi connectivity index (χ0v) is 11.9. The molecule has 0 unspecified atom stereocenters. The molecule has 0 aromatic carbocycles. The highest BCUT2D eigenvalue weighted by Crippen LogP contribution is 2.18. The summed E-state index contributed by atoms with van der Waals surface area (Å²) >= 11 is 6.07. The normalized spacial score (nSPS) is 16.8. The van der Waals surface area contributed by atoms with E-state index in [1.54, 1.807) is 0 Å². The molecule has 1 aromatic heterocycles. The quantitative estimate of drug-likeness (QED) is 0.912. The Labute approximate surface area is 114 Å². The summed E-state index contributed by atoms with van der Waals surface area (Å²) in [4.78, 5) is 11.2. The van der Waals surface area contributed by atoms with Gasteiger partial charge in [-0.2, -0.15) is 0 Å². The van der Waals surface area contributed by atoms with Gasteiger partial charge in [-0.1, -0.05) is 18.0 Å². The maximum atomic E-state index is 6.07. The summed E-state index contributed by atoms with van der Waals surface area (Å²) in [7, 11) is 0. The molecule has 1 aromatic rings. The highest BCUT2D eigenvalue weighted by atomic mass is 35.5. The van der Waals surface area contributed by atoms with Crippen LogP contribution in [0.3, 0.4) is 0 Å². The molecule has 2 rings (SSSR count). The van der Waals surface area contributed by atoms with E-state index in [2.05, 4.69) is 20.2 Å². The number of aromatic nitrogens is 2. The monoisotopic (exact) mass is 268 g/mol. The Morgan fingerprint density at radius 1 is 1.11 bits per heavy atom. The third-order valence-electron chi connectivity index (χ3n) is 3.43. The van der Waals surface area contributed by atoms with E-state index in [-0.39, 0.29) is 0 Å². The van der Waals surface area contributed by atoms with Crippen LogP contribution in [0, 0.1) is 13.8 Å². The first-order valence-corrected chi connectivity index (χ1v) is 7.01. The van der Waals surface area contributed by atoms with Crippen molar-refractivity contribution < 1.29 is 0 Å². The van der Waals surface area contributed by atoms with E-state index in [9.17, 15) is 0 Å². The number of likely N-dealkylation sites (tertiary alicyclic amines) is 1. The molecule has 0 bridgehead atoms. The summed E-state index contributed by atoms with van der Waals surface area (Å²) in [5.41, 5.74) is 1.82. The van der Waals surface area contributed by atoms with Gasteiger partial charge in [0.25, 0.3) is 0 Å². The molecule has 0 saturated carbocycles. The van der Waals surface area contributed by atoms with E-state index in [1.807, 2.05) is 13.8 Å². The Bertz CT molecular complexity index is 402. The largest absolute Gasteiger partial charge is 0.366 e. The second-order valence-electron chi connectivity index (χ2n) is 4.86. The van der Waals surface area contributed by atoms with E-state index >= 15 is 0 Å². The van der Waals surface area contributed by atoms with Crippen LogP contribution in [0.2, 0.25) is 5.15 Å². The summed E-state index contributed by atoms with van der Waals surface area (Å²) < 4.78 is 0. The molecule has 1 saturated heterocycles. The number of hydrogen-bond acceptors (Lipinski definition) is 4. The number of aryl methyl sites for hydroxylation is 2. The minimum Gasteiger partial charge on any atom is -0.366 e. The summed E-state index contributed by atoms with van der Waals surface area (Å²) in [6, 6.07) is 0. The molecule has 100 valence electrons. The molecule has 1 N–H and O–H groups in total. The number of nitrogens with zero attached hydrogens (tertiary/aromatic N) is 3. The van der Waals surface area contributed by atoms with Gasteiger partial charge in [-0.3, -0.25) is 0 Å². The van der Waals surface area contributed by atoms with Crippen molar-refractivity contribution in [3.8, 4) is 0 Å². The molecule has 5 heteroatoms. The third-order valence-corrected chi connectivity index (χ3v) is 3.70. The molecular weight excluding hydrogens is 248 g/mol. The average Bonchev–Trinajstić information content (AvgIpc) is 2.37. The second kappa shape index (κ2) is 6.34. The molecule has 1 fully saturated rings. The Morgan fingerprint density at radius 2 is 1.78 bits per heavy atom. The van der Waals surface area contributed by atoms with Crippen LogP contribution < -0.4 is 5.32 Å². The molecule has 1 aliphatic heterocycles. The molecule has 0 amide bonds. The SMILES string of the molecule is Cc1nc(Cl)c(NCCN2CCCCC2)nc1C. The lowest BCUT2D eigenvalue weighted by atomic mass is 10.1. The molecular formula is C13H21ClN4. The molecule has 0 spiro atoms. The number of nitrogens with one attached hydrogen (secondary N) is 1. The van der Waals surface area contributed by atoms with Crippen LogP contribution in [0.1, 0.15) is 30.7 Å². The highest BCUT2D eigenvalue weighted by Gasteiger charge is 2.10. The van der Waals surface area contributed by atoms with Gasteiger partial charge in [-0.25, -0.2) is 9.97 Å². The molecule has 1 aliphatic rings. The fourth-order valence-electron chi connectivity index (χ4n) is 2.20. The molecule has 0 radical (unpaired) electrons. The lowest BCUT2D eigenvalue weighted by Gasteiger charge is -2.26. The van der Waals surface area contributed by atoms with Gasteiger partial charge >= 0.3 is 0 Å². The van der Waals surface area contributed by atoms with Gasteiger partial charge in [0.1, 0.15) is 0 Å². The smallest absolute Gasteiger partial charge is 0.171 e. The van der Waals surface area contributed by atoms with Gasteiger partial charge in [0.05, 0.1) is 11.4 Å². The molecule has 0 aliphatic carbocycles. The van der Waals surface area contributed by atoms with Crippen LogP contribution in [-0.2, 0) is 0 Å². The Balaban J connectivity index is 1.84. The van der Waals surface area contributed by atoms with Crippen molar-refractivity contribution in [1.82, 2.24) is 14.9 Å². The molecule has 0 atom stereocenters. The summed E-state index contributed by atoms with van der Waals surface area (Å²) in [6.45, 7) is 8.23. The van der Waals surface area contributed by atoms with Crippen molar-refractivity contribution in [1.29, 1.82) is 0 Å². The zero-order chi connectivity index (χ0) is 13.0. The van der Waals surface area contributed by atoms with Gasteiger partial charge in [-0.15, -0.1) is 0 Å². The lowest BCUT2D eigenvalue weighted by molar-refractivity contribution is 0.237. The first-order valence-electron chi connectivity index (χ1n) is 6.64. The molecule has 2 heterocycles. The van der Waals surface area contributed by atoms with Crippen LogP contribution in [0.4, 0.5) is 5.82 Å². The third kappa shape index (κ3) is 3.56. The van der Waals surface area contributed by atoms with Crippen molar-refractivity contribution in [2.24, 2.45) is 0 Å². The average molecular weight is 269 g/mol. The van der Waals surface area contributed by atoms with Gasteiger partial charge in [-0.05, 0) is 39.8 Å². The maximum absolute atomic E-state index is 6.07. The Kier molecular flexibility index (Phi) is 4.78. The Hall–Kier alpha value is -0.870. The van der Waals surface area contributed by atoms with E-state index < -0.39 is 0 Å². The number of anilines is 1. The lowest BCUT2D eigenvalue weighted by Crippen LogP contribution is -2.33. The minimum atomic E-state index is 0.469.